The Morgan fingerprint density at radius 1 is 0.938 bits per heavy atom. The molecule has 0 aliphatic heterocycles. The fourth-order valence-corrected chi connectivity index (χ4v) is 4.86. The lowest BCUT2D eigenvalue weighted by atomic mass is 10.1. The number of sulfonamides is 1. The number of rotatable bonds is 10. The number of anilines is 1. The van der Waals surface area contributed by atoms with Crippen LogP contribution >= 0.6 is 0 Å². The summed E-state index contributed by atoms with van der Waals surface area (Å²) in [5.41, 5.74) is 1.50. The van der Waals surface area contributed by atoms with E-state index in [1.165, 1.54) is 24.8 Å². The van der Waals surface area contributed by atoms with E-state index in [0.717, 1.165) is 17.1 Å². The number of hydrogen-bond donors (Lipinski definition) is 1. The quantitative estimate of drug-likeness (QED) is 0.504. The molecule has 7 heteroatoms. The topological polar surface area (TPSA) is 75.7 Å². The lowest BCUT2D eigenvalue weighted by molar-refractivity contribution is -0.120. The first-order valence-electron chi connectivity index (χ1n) is 10.5. The molecule has 1 atom stereocenters. The van der Waals surface area contributed by atoms with Crippen LogP contribution in [0.4, 0.5) is 5.69 Å². The van der Waals surface area contributed by atoms with Crippen LogP contribution in [0.25, 0.3) is 0 Å². The SMILES string of the molecule is COc1ccccc1N(CC(=O)N[C@H](C)CCc1ccccc1)S(=O)(=O)c1ccccc1. The van der Waals surface area contributed by atoms with Gasteiger partial charge >= 0.3 is 0 Å². The normalized spacial score (nSPS) is 12.1. The predicted molar refractivity (Wildman–Crippen MR) is 126 cm³/mol. The highest BCUT2D eigenvalue weighted by molar-refractivity contribution is 7.92. The molecule has 0 fully saturated rings. The highest BCUT2D eigenvalue weighted by atomic mass is 32.2. The lowest BCUT2D eigenvalue weighted by Gasteiger charge is -2.26. The third-order valence-corrected chi connectivity index (χ3v) is 6.86. The van der Waals surface area contributed by atoms with Crippen LogP contribution in [0.15, 0.2) is 89.8 Å². The zero-order valence-electron chi connectivity index (χ0n) is 18.3. The van der Waals surface area contributed by atoms with Gasteiger partial charge in [-0.2, -0.15) is 0 Å². The van der Waals surface area contributed by atoms with Gasteiger partial charge in [0.2, 0.25) is 5.91 Å². The Hall–Kier alpha value is -3.32. The van der Waals surface area contributed by atoms with Crippen LogP contribution in [-0.2, 0) is 21.2 Å². The minimum absolute atomic E-state index is 0.107. The molecule has 3 aromatic carbocycles. The van der Waals surface area contributed by atoms with Crippen LogP contribution in [0.2, 0.25) is 0 Å². The van der Waals surface area contributed by atoms with E-state index in [2.05, 4.69) is 5.32 Å². The summed E-state index contributed by atoms with van der Waals surface area (Å²) in [5.74, 6) is -0.00657. The van der Waals surface area contributed by atoms with Gasteiger partial charge in [0.05, 0.1) is 17.7 Å². The van der Waals surface area contributed by atoms with Crippen LogP contribution in [0.1, 0.15) is 18.9 Å². The zero-order valence-corrected chi connectivity index (χ0v) is 19.1. The van der Waals surface area contributed by atoms with Crippen molar-refractivity contribution < 1.29 is 17.9 Å². The fourth-order valence-electron chi connectivity index (χ4n) is 3.41. The molecule has 0 saturated carbocycles. The second-order valence-electron chi connectivity index (χ2n) is 7.49. The minimum Gasteiger partial charge on any atom is -0.495 e. The van der Waals surface area contributed by atoms with E-state index in [4.69, 9.17) is 4.74 Å². The van der Waals surface area contributed by atoms with Crippen molar-refractivity contribution >= 4 is 21.6 Å². The number of amides is 1. The summed E-state index contributed by atoms with van der Waals surface area (Å²) in [6.45, 7) is 1.56. The second-order valence-corrected chi connectivity index (χ2v) is 9.35. The zero-order chi connectivity index (χ0) is 23.0. The van der Waals surface area contributed by atoms with Crippen molar-refractivity contribution in [1.29, 1.82) is 0 Å². The molecule has 0 saturated heterocycles. The maximum Gasteiger partial charge on any atom is 0.264 e. The summed E-state index contributed by atoms with van der Waals surface area (Å²) in [7, 11) is -2.51. The number of ether oxygens (including phenoxy) is 1. The van der Waals surface area contributed by atoms with Gasteiger partial charge in [0.1, 0.15) is 12.3 Å². The van der Waals surface area contributed by atoms with Crippen LogP contribution in [0.3, 0.4) is 0 Å². The molecular weight excluding hydrogens is 424 g/mol. The molecular formula is C25H28N2O4S. The molecule has 168 valence electrons. The van der Waals surface area contributed by atoms with Gasteiger partial charge in [0.15, 0.2) is 0 Å². The monoisotopic (exact) mass is 452 g/mol. The number of carbonyl (C=O) groups excluding carboxylic acids is 1. The van der Waals surface area contributed by atoms with Gasteiger partial charge in [-0.1, -0.05) is 60.7 Å². The van der Waals surface area contributed by atoms with Gasteiger partial charge in [-0.25, -0.2) is 8.42 Å². The highest BCUT2D eigenvalue weighted by Crippen LogP contribution is 2.32. The summed E-state index contributed by atoms with van der Waals surface area (Å²) in [6, 6.07) is 24.8. The van der Waals surface area contributed by atoms with Gasteiger partial charge in [-0.15, -0.1) is 0 Å². The van der Waals surface area contributed by atoms with Crippen molar-refractivity contribution in [3.8, 4) is 5.75 Å². The van der Waals surface area contributed by atoms with Crippen molar-refractivity contribution in [1.82, 2.24) is 5.32 Å². The van der Waals surface area contributed by atoms with Crippen molar-refractivity contribution in [3.63, 3.8) is 0 Å². The second kappa shape index (κ2) is 10.8. The first-order chi connectivity index (χ1) is 15.4. The largest absolute Gasteiger partial charge is 0.495 e. The third kappa shape index (κ3) is 5.88. The smallest absolute Gasteiger partial charge is 0.264 e. The number of nitrogens with one attached hydrogen (secondary N) is 1. The van der Waals surface area contributed by atoms with Crippen molar-refractivity contribution in [2.45, 2.75) is 30.7 Å². The Balaban J connectivity index is 1.79. The number of methoxy groups -OCH3 is 1. The molecule has 0 radical (unpaired) electrons. The Morgan fingerprint density at radius 3 is 2.19 bits per heavy atom. The minimum atomic E-state index is -3.98. The molecule has 0 heterocycles. The Morgan fingerprint density at radius 2 is 1.53 bits per heavy atom. The Labute approximate surface area is 189 Å². The molecule has 32 heavy (non-hydrogen) atoms. The summed E-state index contributed by atoms with van der Waals surface area (Å²) >= 11 is 0. The Kier molecular flexibility index (Phi) is 7.89. The number of benzene rings is 3. The van der Waals surface area contributed by atoms with Crippen molar-refractivity contribution in [3.05, 3.63) is 90.5 Å². The van der Waals surface area contributed by atoms with Gasteiger partial charge in [-0.05, 0) is 49.6 Å². The molecule has 0 unspecified atom stereocenters. The molecule has 1 N–H and O–H groups in total. The van der Waals surface area contributed by atoms with E-state index in [9.17, 15) is 13.2 Å². The molecule has 0 aliphatic carbocycles. The number of aryl methyl sites for hydroxylation is 1. The molecule has 3 aromatic rings. The molecule has 6 nitrogen and oxygen atoms in total. The fraction of sp³-hybridized carbons (Fsp3) is 0.240. The highest BCUT2D eigenvalue weighted by Gasteiger charge is 2.29. The van der Waals surface area contributed by atoms with E-state index < -0.39 is 10.0 Å². The predicted octanol–water partition coefficient (Wildman–Crippen LogP) is 4.03. The van der Waals surface area contributed by atoms with Gasteiger partial charge < -0.3 is 10.1 Å². The summed E-state index contributed by atoms with van der Waals surface area (Å²) in [5, 5.41) is 2.93. The van der Waals surface area contributed by atoms with Crippen molar-refractivity contribution in [2.75, 3.05) is 18.0 Å². The van der Waals surface area contributed by atoms with E-state index in [-0.39, 0.29) is 23.4 Å². The van der Waals surface area contributed by atoms with Crippen LogP contribution in [0.5, 0.6) is 5.75 Å². The third-order valence-electron chi connectivity index (χ3n) is 5.09. The average molecular weight is 453 g/mol. The number of hydrogen-bond acceptors (Lipinski definition) is 4. The van der Waals surface area contributed by atoms with E-state index in [1.54, 1.807) is 42.5 Å². The van der Waals surface area contributed by atoms with Gasteiger partial charge in [0.25, 0.3) is 10.0 Å². The van der Waals surface area contributed by atoms with Crippen molar-refractivity contribution in [2.24, 2.45) is 0 Å². The number of nitrogens with zero attached hydrogens (tertiary/aromatic N) is 1. The van der Waals surface area contributed by atoms with E-state index >= 15 is 0 Å². The summed E-state index contributed by atoms with van der Waals surface area (Å²) < 4.78 is 33.3. The summed E-state index contributed by atoms with van der Waals surface area (Å²) in [4.78, 5) is 13.0. The van der Waals surface area contributed by atoms with Crippen LogP contribution in [0, 0.1) is 0 Å². The van der Waals surface area contributed by atoms with E-state index in [0.29, 0.717) is 11.4 Å². The van der Waals surface area contributed by atoms with E-state index in [1.807, 2.05) is 37.3 Å². The molecule has 0 spiro atoms. The molecule has 0 aromatic heterocycles. The standard InChI is InChI=1S/C25H28N2O4S/c1-20(17-18-21-11-5-3-6-12-21)26-25(28)19-27(23-15-9-10-16-24(23)31-2)32(29,30)22-13-7-4-8-14-22/h3-16,20H,17-19H2,1-2H3,(H,26,28)/t20-/m1/s1. The number of para-hydroxylation sites is 2. The lowest BCUT2D eigenvalue weighted by Crippen LogP contribution is -2.43. The molecule has 0 aliphatic rings. The van der Waals surface area contributed by atoms with Gasteiger partial charge in [0, 0.05) is 6.04 Å². The molecule has 1 amide bonds. The first-order valence-corrected chi connectivity index (χ1v) is 11.9. The average Bonchev–Trinajstić information content (AvgIpc) is 2.82. The molecule has 0 bridgehead atoms. The first kappa shape index (κ1) is 23.3. The summed E-state index contributed by atoms with van der Waals surface area (Å²) in [6.07, 6.45) is 1.57. The van der Waals surface area contributed by atoms with Crippen LogP contribution in [-0.4, -0.2) is 34.0 Å². The maximum atomic E-state index is 13.4. The van der Waals surface area contributed by atoms with Crippen LogP contribution < -0.4 is 14.4 Å². The molecule has 3 rings (SSSR count). The maximum absolute atomic E-state index is 13.4. The van der Waals surface area contributed by atoms with Gasteiger partial charge in [-0.3, -0.25) is 9.10 Å². The number of carbonyl (C=O) groups is 1. The Bertz CT molecular complexity index is 1120.